The summed E-state index contributed by atoms with van der Waals surface area (Å²) in [6.45, 7) is 14.7. The molecule has 4 atom stereocenters. The molecule has 1 fully saturated rings. The smallest absolute Gasteiger partial charge is 0.354 e. The molecule has 2 aromatic heterocycles. The molecular formula is C24H36N3O4S+. The van der Waals surface area contributed by atoms with Gasteiger partial charge in [-0.3, -0.25) is 4.79 Å². The van der Waals surface area contributed by atoms with Gasteiger partial charge in [-0.05, 0) is 32.8 Å². The van der Waals surface area contributed by atoms with Crippen LogP contribution in [0.15, 0.2) is 11.3 Å². The molecule has 0 aromatic carbocycles. The molecule has 0 spiro atoms. The van der Waals surface area contributed by atoms with Crippen LogP contribution >= 0.6 is 11.3 Å². The van der Waals surface area contributed by atoms with E-state index in [0.717, 1.165) is 12.0 Å². The molecule has 1 saturated heterocycles. The average Bonchev–Trinajstić information content (AvgIpc) is 3.29. The maximum Gasteiger partial charge on any atom is 0.354 e. The molecule has 4 rings (SSSR count). The molecule has 32 heavy (non-hydrogen) atoms. The van der Waals surface area contributed by atoms with Gasteiger partial charge >= 0.3 is 5.97 Å². The van der Waals surface area contributed by atoms with Crippen molar-refractivity contribution < 1.29 is 23.6 Å². The number of β-lactam (4-membered cyclic amide) rings is 1. The van der Waals surface area contributed by atoms with Crippen LogP contribution in [0.4, 0.5) is 0 Å². The van der Waals surface area contributed by atoms with Crippen LogP contribution < -0.4 is 4.57 Å². The third kappa shape index (κ3) is 3.48. The molecule has 0 saturated carbocycles. The molecule has 2 aromatic rings. The highest BCUT2D eigenvalue weighted by Gasteiger charge is 2.59. The Morgan fingerprint density at radius 3 is 2.34 bits per heavy atom. The average molecular weight is 463 g/mol. The lowest BCUT2D eigenvalue weighted by atomic mass is 9.77. The minimum absolute atomic E-state index is 0.0324. The summed E-state index contributed by atoms with van der Waals surface area (Å²) >= 11 is 1.88. The van der Waals surface area contributed by atoms with E-state index in [1.807, 2.05) is 25.2 Å². The van der Waals surface area contributed by atoms with Gasteiger partial charge in [-0.1, -0.05) is 25.2 Å². The van der Waals surface area contributed by atoms with E-state index in [1.165, 1.54) is 34.0 Å². The van der Waals surface area contributed by atoms with Crippen LogP contribution in [0.1, 0.15) is 49.3 Å². The molecule has 7 nitrogen and oxygen atoms in total. The van der Waals surface area contributed by atoms with Gasteiger partial charge in [-0.15, -0.1) is 0 Å². The first kappa shape index (κ1) is 24.5. The van der Waals surface area contributed by atoms with Crippen LogP contribution in [0.25, 0.3) is 4.83 Å². The molecule has 0 N–H and O–H groups in total. The Hall–Kier alpha value is -2.19. The molecule has 1 amide bonds. The van der Waals surface area contributed by atoms with E-state index in [0.29, 0.717) is 5.70 Å². The van der Waals surface area contributed by atoms with Crippen molar-refractivity contribution in [3.63, 3.8) is 0 Å². The first-order valence-corrected chi connectivity index (χ1v) is 12.0. The number of amides is 1. The minimum Gasteiger partial charge on any atom is -0.464 e. The number of carbonyl (C=O) groups excluding carboxylic acids is 2. The zero-order valence-corrected chi connectivity index (χ0v) is 21.7. The van der Waals surface area contributed by atoms with Crippen LogP contribution in [0.3, 0.4) is 0 Å². The van der Waals surface area contributed by atoms with Gasteiger partial charge in [0.2, 0.25) is 10.7 Å². The van der Waals surface area contributed by atoms with Gasteiger partial charge in [0.25, 0.3) is 5.82 Å². The Morgan fingerprint density at radius 1 is 1.22 bits per heavy atom. The topological polar surface area (TPSA) is 64.1 Å². The van der Waals surface area contributed by atoms with Gasteiger partial charge in [0, 0.05) is 31.8 Å². The SMILES string of the molecule is CCC1=C(C(=O)OC)N2C(=O)C(C(C)OC)C2[C@H]1C.Cc1sc2c(C)[n+](C)c(C)n2c1C. The number of aryl methyl sites for hydroxylation is 4. The fraction of sp³-hybridized carbons (Fsp3) is 0.625. The van der Waals surface area contributed by atoms with Crippen molar-refractivity contribution in [1.29, 1.82) is 0 Å². The summed E-state index contributed by atoms with van der Waals surface area (Å²) in [4.78, 5) is 28.6. The Morgan fingerprint density at radius 2 is 1.84 bits per heavy atom. The predicted molar refractivity (Wildman–Crippen MR) is 124 cm³/mol. The van der Waals surface area contributed by atoms with Crippen molar-refractivity contribution in [2.75, 3.05) is 14.2 Å². The highest BCUT2D eigenvalue weighted by Crippen LogP contribution is 2.48. The van der Waals surface area contributed by atoms with E-state index in [1.54, 1.807) is 12.0 Å². The van der Waals surface area contributed by atoms with Gasteiger partial charge < -0.3 is 14.4 Å². The summed E-state index contributed by atoms with van der Waals surface area (Å²) in [5.41, 5.74) is 4.20. The maximum absolute atomic E-state index is 12.3. The van der Waals surface area contributed by atoms with Crippen LogP contribution in [0.2, 0.25) is 0 Å². The van der Waals surface area contributed by atoms with Crippen LogP contribution in [0, 0.1) is 39.5 Å². The van der Waals surface area contributed by atoms with Crippen molar-refractivity contribution in [3.8, 4) is 0 Å². The number of ether oxygens (including phenoxy) is 2. The number of hydrogen-bond donors (Lipinski definition) is 0. The summed E-state index contributed by atoms with van der Waals surface area (Å²) in [6, 6.07) is 0.0338. The fourth-order valence-corrected chi connectivity index (χ4v) is 6.25. The van der Waals surface area contributed by atoms with Gasteiger partial charge in [0.1, 0.15) is 11.4 Å². The molecule has 0 bridgehead atoms. The third-order valence-electron chi connectivity index (χ3n) is 7.35. The Balaban J connectivity index is 0.000000193. The molecular weight excluding hydrogens is 426 g/mol. The largest absolute Gasteiger partial charge is 0.464 e. The van der Waals surface area contributed by atoms with Crippen molar-refractivity contribution in [2.24, 2.45) is 18.9 Å². The summed E-state index contributed by atoms with van der Waals surface area (Å²) in [7, 11) is 5.08. The maximum atomic E-state index is 12.3. The second kappa shape index (κ2) is 8.98. The Kier molecular flexibility index (Phi) is 6.86. The second-order valence-corrected chi connectivity index (χ2v) is 9.95. The molecule has 176 valence electrons. The summed E-state index contributed by atoms with van der Waals surface area (Å²) in [5, 5.41) is 0. The fourth-order valence-electron chi connectivity index (χ4n) is 5.08. The standard InChI is InChI=1S/C14H21NO4.C10H15N2S/c1-6-9-7(2)11-10(8(3)18-4)13(16)15(11)12(9)14(17)19-5;1-6-8(3)13-10-7(2)11(5)9(4)12(6)10/h7-8,10-11H,6H2,1-5H3;1-5H3/q;+1/t7-,8?,10?,11?;/m0./s1. The lowest BCUT2D eigenvalue weighted by molar-refractivity contribution is -0.682. The Bertz CT molecular complexity index is 1100. The first-order chi connectivity index (χ1) is 15.0. The quantitative estimate of drug-likeness (QED) is 0.397. The summed E-state index contributed by atoms with van der Waals surface area (Å²) in [5.74, 6) is 0.885. The number of hydrogen-bond acceptors (Lipinski definition) is 5. The number of rotatable bonds is 4. The predicted octanol–water partition coefficient (Wildman–Crippen LogP) is 3.39. The molecule has 2 aliphatic heterocycles. The summed E-state index contributed by atoms with van der Waals surface area (Å²) < 4.78 is 14.7. The van der Waals surface area contributed by atoms with E-state index >= 15 is 0 Å². The zero-order chi connectivity index (χ0) is 24.1. The van der Waals surface area contributed by atoms with Gasteiger partial charge in [-0.2, -0.15) is 4.40 Å². The number of esters is 1. The number of carbonyl (C=O) groups is 2. The molecule has 8 heteroatoms. The number of fused-ring (bicyclic) bond motifs is 2. The normalized spacial score (nSPS) is 23.1. The lowest BCUT2D eigenvalue weighted by Gasteiger charge is -2.47. The van der Waals surface area contributed by atoms with Gasteiger partial charge in [0.05, 0.1) is 32.2 Å². The monoisotopic (exact) mass is 462 g/mol. The number of thiazole rings is 1. The zero-order valence-electron chi connectivity index (χ0n) is 20.9. The van der Waals surface area contributed by atoms with Crippen LogP contribution in [0.5, 0.6) is 0 Å². The van der Waals surface area contributed by atoms with E-state index < -0.39 is 5.97 Å². The minimum atomic E-state index is -0.414. The van der Waals surface area contributed by atoms with Crippen LogP contribution in [-0.2, 0) is 26.1 Å². The van der Waals surface area contributed by atoms with Crippen molar-refractivity contribution in [2.45, 2.75) is 67.0 Å². The molecule has 4 heterocycles. The first-order valence-electron chi connectivity index (χ1n) is 11.1. The van der Waals surface area contributed by atoms with E-state index in [2.05, 4.69) is 50.6 Å². The highest BCUT2D eigenvalue weighted by atomic mass is 32.1. The van der Waals surface area contributed by atoms with Gasteiger partial charge in [0.15, 0.2) is 5.69 Å². The van der Waals surface area contributed by atoms with Gasteiger partial charge in [-0.25, -0.2) is 9.36 Å². The van der Waals surface area contributed by atoms with E-state index in [-0.39, 0.29) is 29.9 Å². The van der Waals surface area contributed by atoms with Crippen LogP contribution in [-0.4, -0.2) is 47.5 Å². The highest BCUT2D eigenvalue weighted by molar-refractivity contribution is 7.17. The molecule has 0 aliphatic carbocycles. The second-order valence-electron chi connectivity index (χ2n) is 8.75. The van der Waals surface area contributed by atoms with E-state index in [9.17, 15) is 9.59 Å². The third-order valence-corrected chi connectivity index (χ3v) is 8.63. The molecule has 3 unspecified atom stereocenters. The van der Waals surface area contributed by atoms with E-state index in [4.69, 9.17) is 9.47 Å². The number of aromatic nitrogens is 2. The number of methoxy groups -OCH3 is 2. The van der Waals surface area contributed by atoms with Crippen molar-refractivity contribution in [1.82, 2.24) is 9.30 Å². The van der Waals surface area contributed by atoms with Crippen molar-refractivity contribution >= 4 is 28.0 Å². The number of nitrogens with zero attached hydrogens (tertiary/aromatic N) is 3. The molecule has 2 aliphatic rings. The molecule has 0 radical (unpaired) electrons. The number of imidazole rings is 1. The van der Waals surface area contributed by atoms with Crippen molar-refractivity contribution in [3.05, 3.63) is 33.4 Å². The lowest BCUT2D eigenvalue weighted by Crippen LogP contribution is -2.63. The summed E-state index contributed by atoms with van der Waals surface area (Å²) in [6.07, 6.45) is 0.617. The Labute approximate surface area is 194 Å².